The standard InChI is InChI=1S/C13H26N4O3/c1-17(9-10-20-2)8-7-15-12(18)13(11(14)16-19)5-3-4-6-13/h19H,3-10H2,1-2H3,(H2,14,16)(H,15,18). The minimum Gasteiger partial charge on any atom is -0.409 e. The molecule has 1 aliphatic carbocycles. The summed E-state index contributed by atoms with van der Waals surface area (Å²) in [5.74, 6) is -0.106. The predicted molar refractivity (Wildman–Crippen MR) is 76.7 cm³/mol. The van der Waals surface area contributed by atoms with Crippen LogP contribution >= 0.6 is 0 Å². The van der Waals surface area contributed by atoms with Gasteiger partial charge in [0, 0.05) is 26.7 Å². The fourth-order valence-corrected chi connectivity index (χ4v) is 2.56. The van der Waals surface area contributed by atoms with E-state index in [-0.39, 0.29) is 11.7 Å². The SMILES string of the molecule is COCCN(C)CCNC(=O)C1(C(N)=NO)CCCC1. The van der Waals surface area contributed by atoms with E-state index >= 15 is 0 Å². The Kier molecular flexibility index (Phi) is 6.74. The fraction of sp³-hybridized carbons (Fsp3) is 0.846. The number of amidine groups is 1. The summed E-state index contributed by atoms with van der Waals surface area (Å²) in [4.78, 5) is 14.4. The van der Waals surface area contributed by atoms with Crippen molar-refractivity contribution >= 4 is 11.7 Å². The molecule has 20 heavy (non-hydrogen) atoms. The monoisotopic (exact) mass is 286 g/mol. The molecule has 1 fully saturated rings. The summed E-state index contributed by atoms with van der Waals surface area (Å²) in [6, 6.07) is 0. The van der Waals surface area contributed by atoms with Crippen molar-refractivity contribution < 1.29 is 14.7 Å². The molecule has 0 aromatic heterocycles. The van der Waals surface area contributed by atoms with Gasteiger partial charge in [0.25, 0.3) is 0 Å². The molecule has 0 aliphatic heterocycles. The van der Waals surface area contributed by atoms with Crippen LogP contribution in [0.1, 0.15) is 25.7 Å². The maximum absolute atomic E-state index is 12.3. The second-order valence-corrected chi connectivity index (χ2v) is 5.33. The number of nitrogens with zero attached hydrogens (tertiary/aromatic N) is 2. The first kappa shape index (κ1) is 16.7. The van der Waals surface area contributed by atoms with Crippen LogP contribution in [0.3, 0.4) is 0 Å². The number of nitrogens with one attached hydrogen (secondary N) is 1. The maximum Gasteiger partial charge on any atom is 0.233 e. The molecule has 0 saturated heterocycles. The predicted octanol–water partition coefficient (Wildman–Crippen LogP) is -0.0124. The lowest BCUT2D eigenvalue weighted by molar-refractivity contribution is -0.127. The van der Waals surface area contributed by atoms with Crippen molar-refractivity contribution in [3.63, 3.8) is 0 Å². The maximum atomic E-state index is 12.3. The number of likely N-dealkylation sites (N-methyl/N-ethyl adjacent to an activating group) is 1. The summed E-state index contributed by atoms with van der Waals surface area (Å²) in [5.41, 5.74) is 4.90. The Bertz CT molecular complexity index is 341. The van der Waals surface area contributed by atoms with Gasteiger partial charge in [-0.1, -0.05) is 18.0 Å². The normalized spacial score (nSPS) is 18.4. The number of carbonyl (C=O) groups is 1. The van der Waals surface area contributed by atoms with Gasteiger partial charge in [0.05, 0.1) is 6.61 Å². The molecule has 1 aliphatic rings. The molecule has 116 valence electrons. The van der Waals surface area contributed by atoms with E-state index in [0.29, 0.717) is 26.0 Å². The van der Waals surface area contributed by atoms with Gasteiger partial charge < -0.3 is 25.9 Å². The van der Waals surface area contributed by atoms with Crippen LogP contribution in [0.5, 0.6) is 0 Å². The van der Waals surface area contributed by atoms with Gasteiger partial charge in [0.1, 0.15) is 5.41 Å². The molecule has 0 radical (unpaired) electrons. The van der Waals surface area contributed by atoms with Gasteiger partial charge in [-0.2, -0.15) is 0 Å². The van der Waals surface area contributed by atoms with Crippen molar-refractivity contribution in [1.29, 1.82) is 0 Å². The minimum atomic E-state index is -0.820. The third-order valence-electron chi connectivity index (χ3n) is 3.95. The van der Waals surface area contributed by atoms with Crippen molar-refractivity contribution in [2.75, 3.05) is 40.4 Å². The zero-order valence-electron chi connectivity index (χ0n) is 12.4. The van der Waals surface area contributed by atoms with E-state index < -0.39 is 5.41 Å². The molecule has 0 aromatic carbocycles. The summed E-state index contributed by atoms with van der Waals surface area (Å²) in [7, 11) is 3.64. The van der Waals surface area contributed by atoms with Crippen LogP contribution in [0, 0.1) is 5.41 Å². The molecule has 1 saturated carbocycles. The summed E-state index contributed by atoms with van der Waals surface area (Å²) in [6.45, 7) is 2.76. The number of hydrogen-bond acceptors (Lipinski definition) is 5. The van der Waals surface area contributed by atoms with E-state index in [1.54, 1.807) is 7.11 Å². The van der Waals surface area contributed by atoms with Gasteiger partial charge in [0.2, 0.25) is 5.91 Å². The Morgan fingerprint density at radius 2 is 2.10 bits per heavy atom. The van der Waals surface area contributed by atoms with Crippen molar-refractivity contribution in [3.05, 3.63) is 0 Å². The van der Waals surface area contributed by atoms with Crippen LogP contribution in [0.25, 0.3) is 0 Å². The van der Waals surface area contributed by atoms with Gasteiger partial charge in [-0.05, 0) is 19.9 Å². The van der Waals surface area contributed by atoms with Crippen LogP contribution in [-0.4, -0.2) is 62.2 Å². The molecular formula is C13H26N4O3. The summed E-state index contributed by atoms with van der Waals surface area (Å²) < 4.78 is 4.99. The molecular weight excluding hydrogens is 260 g/mol. The second kappa shape index (κ2) is 8.06. The molecule has 0 heterocycles. The van der Waals surface area contributed by atoms with Gasteiger partial charge in [-0.25, -0.2) is 0 Å². The molecule has 4 N–H and O–H groups in total. The van der Waals surface area contributed by atoms with E-state index in [1.165, 1.54) is 0 Å². The number of amides is 1. The van der Waals surface area contributed by atoms with E-state index in [2.05, 4.69) is 15.4 Å². The van der Waals surface area contributed by atoms with Crippen molar-refractivity contribution in [1.82, 2.24) is 10.2 Å². The lowest BCUT2D eigenvalue weighted by atomic mass is 9.84. The summed E-state index contributed by atoms with van der Waals surface area (Å²) in [6.07, 6.45) is 3.15. The smallest absolute Gasteiger partial charge is 0.233 e. The Balaban J connectivity index is 2.44. The van der Waals surface area contributed by atoms with Crippen LogP contribution in [0.15, 0.2) is 5.16 Å². The highest BCUT2D eigenvalue weighted by Gasteiger charge is 2.45. The first-order chi connectivity index (χ1) is 9.56. The summed E-state index contributed by atoms with van der Waals surface area (Å²) >= 11 is 0. The van der Waals surface area contributed by atoms with Crippen LogP contribution < -0.4 is 11.1 Å². The van der Waals surface area contributed by atoms with Crippen molar-refractivity contribution in [2.45, 2.75) is 25.7 Å². The number of carbonyl (C=O) groups excluding carboxylic acids is 1. The summed E-state index contributed by atoms with van der Waals surface area (Å²) in [5, 5.41) is 14.8. The molecule has 0 aromatic rings. The Hall–Kier alpha value is -1.34. The topological polar surface area (TPSA) is 100 Å². The van der Waals surface area contributed by atoms with Crippen LogP contribution in [0.2, 0.25) is 0 Å². The van der Waals surface area contributed by atoms with Crippen LogP contribution in [0.4, 0.5) is 0 Å². The fourth-order valence-electron chi connectivity index (χ4n) is 2.56. The number of rotatable bonds is 8. The Morgan fingerprint density at radius 3 is 2.65 bits per heavy atom. The molecule has 0 unspecified atom stereocenters. The van der Waals surface area contributed by atoms with E-state index in [9.17, 15) is 4.79 Å². The number of ether oxygens (including phenoxy) is 1. The van der Waals surface area contributed by atoms with Crippen LogP contribution in [-0.2, 0) is 9.53 Å². The van der Waals surface area contributed by atoms with Gasteiger partial charge in [-0.15, -0.1) is 0 Å². The largest absolute Gasteiger partial charge is 0.409 e. The van der Waals surface area contributed by atoms with Crippen molar-refractivity contribution in [2.24, 2.45) is 16.3 Å². The molecule has 7 heteroatoms. The lowest BCUT2D eigenvalue weighted by Crippen LogP contribution is -2.49. The molecule has 0 bridgehead atoms. The first-order valence-electron chi connectivity index (χ1n) is 7.00. The van der Waals surface area contributed by atoms with Gasteiger partial charge in [-0.3, -0.25) is 4.79 Å². The zero-order valence-corrected chi connectivity index (χ0v) is 12.4. The average Bonchev–Trinajstić information content (AvgIpc) is 2.94. The average molecular weight is 286 g/mol. The number of nitrogens with two attached hydrogens (primary N) is 1. The molecule has 1 amide bonds. The number of methoxy groups -OCH3 is 1. The minimum absolute atomic E-state index is 0.0280. The number of hydrogen-bond donors (Lipinski definition) is 3. The lowest BCUT2D eigenvalue weighted by Gasteiger charge is -2.26. The van der Waals surface area contributed by atoms with Crippen molar-refractivity contribution in [3.8, 4) is 0 Å². The number of oxime groups is 1. The highest BCUT2D eigenvalue weighted by atomic mass is 16.5. The quantitative estimate of drug-likeness (QED) is 0.252. The van der Waals surface area contributed by atoms with E-state index in [0.717, 1.165) is 25.9 Å². The first-order valence-corrected chi connectivity index (χ1v) is 7.00. The van der Waals surface area contributed by atoms with Gasteiger partial charge in [0.15, 0.2) is 5.84 Å². The van der Waals surface area contributed by atoms with E-state index in [1.807, 2.05) is 7.05 Å². The molecule has 1 rings (SSSR count). The highest BCUT2D eigenvalue weighted by Crippen LogP contribution is 2.38. The zero-order chi connectivity index (χ0) is 15.0. The Morgan fingerprint density at radius 1 is 1.45 bits per heavy atom. The second-order valence-electron chi connectivity index (χ2n) is 5.33. The third-order valence-corrected chi connectivity index (χ3v) is 3.95. The van der Waals surface area contributed by atoms with Gasteiger partial charge >= 0.3 is 0 Å². The van der Waals surface area contributed by atoms with E-state index in [4.69, 9.17) is 15.7 Å². The third kappa shape index (κ3) is 4.08. The highest BCUT2D eigenvalue weighted by molar-refractivity contribution is 6.07. The molecule has 7 nitrogen and oxygen atoms in total. The molecule has 0 atom stereocenters. The Labute approximate surface area is 120 Å². The molecule has 0 spiro atoms.